The fraction of sp³-hybridized carbons (Fsp3) is 0.857. The summed E-state index contributed by atoms with van der Waals surface area (Å²) in [5, 5.41) is 9.35. The molecule has 2 aliphatic rings. The van der Waals surface area contributed by atoms with Gasteiger partial charge in [-0.15, -0.1) is 0 Å². The molecule has 0 radical (unpaired) electrons. The van der Waals surface area contributed by atoms with Crippen molar-refractivity contribution < 1.29 is 19.4 Å². The minimum absolute atomic E-state index is 0.428. The third-order valence-electron chi connectivity index (χ3n) is 4.51. The van der Waals surface area contributed by atoms with Crippen LogP contribution in [0, 0.1) is 5.41 Å². The van der Waals surface area contributed by atoms with E-state index in [9.17, 15) is 14.7 Å². The molecule has 0 saturated heterocycles. The number of carbonyl (C=O) groups excluding carboxylic acids is 1. The lowest BCUT2D eigenvalue weighted by atomic mass is 9.83. The Bertz CT molecular complexity index is 336. The van der Waals surface area contributed by atoms with E-state index in [1.807, 2.05) is 6.92 Å². The number of carboxylic acid groups (broad SMARTS) is 1. The van der Waals surface area contributed by atoms with Gasteiger partial charge in [-0.25, -0.2) is 0 Å². The standard InChI is InChI=1S/C14H22O4/c1-13(7-3-2-4-8-13)18-12(17)14(11(15)16)9-5-6-10-14/h2-10H2,1H3,(H,15,16). The van der Waals surface area contributed by atoms with Crippen LogP contribution in [0.1, 0.15) is 64.7 Å². The highest BCUT2D eigenvalue weighted by Crippen LogP contribution is 2.42. The highest BCUT2D eigenvalue weighted by molar-refractivity contribution is 5.99. The first-order valence-corrected chi connectivity index (χ1v) is 6.95. The summed E-state index contributed by atoms with van der Waals surface area (Å²) in [6, 6.07) is 0. The minimum atomic E-state index is -1.26. The second-order valence-corrected chi connectivity index (χ2v) is 5.99. The van der Waals surface area contributed by atoms with Gasteiger partial charge in [0, 0.05) is 0 Å². The molecule has 2 fully saturated rings. The van der Waals surface area contributed by atoms with Crippen molar-refractivity contribution in [1.82, 2.24) is 0 Å². The molecule has 0 aromatic heterocycles. The molecular weight excluding hydrogens is 232 g/mol. The number of ether oxygens (including phenoxy) is 1. The second kappa shape index (κ2) is 4.90. The van der Waals surface area contributed by atoms with Crippen molar-refractivity contribution in [3.05, 3.63) is 0 Å². The van der Waals surface area contributed by atoms with Gasteiger partial charge in [0.25, 0.3) is 0 Å². The van der Waals surface area contributed by atoms with Gasteiger partial charge in [0.05, 0.1) is 0 Å². The molecule has 0 spiro atoms. The van der Waals surface area contributed by atoms with Gasteiger partial charge in [0.2, 0.25) is 0 Å². The highest BCUT2D eigenvalue weighted by atomic mass is 16.6. The zero-order valence-electron chi connectivity index (χ0n) is 11.0. The SMILES string of the molecule is CC1(OC(=O)C2(C(=O)O)CCCC2)CCCCC1. The lowest BCUT2D eigenvalue weighted by molar-refractivity contribution is -0.181. The topological polar surface area (TPSA) is 63.6 Å². The van der Waals surface area contributed by atoms with Crippen molar-refractivity contribution in [2.75, 3.05) is 0 Å². The summed E-state index contributed by atoms with van der Waals surface area (Å²) >= 11 is 0. The lowest BCUT2D eigenvalue weighted by Gasteiger charge is -2.36. The average Bonchev–Trinajstić information content (AvgIpc) is 2.79. The Morgan fingerprint density at radius 2 is 1.44 bits per heavy atom. The van der Waals surface area contributed by atoms with Gasteiger partial charge >= 0.3 is 11.9 Å². The van der Waals surface area contributed by atoms with E-state index in [0.29, 0.717) is 12.8 Å². The van der Waals surface area contributed by atoms with Crippen molar-refractivity contribution in [1.29, 1.82) is 0 Å². The van der Waals surface area contributed by atoms with Gasteiger partial charge in [0.1, 0.15) is 5.60 Å². The van der Waals surface area contributed by atoms with Gasteiger partial charge in [0.15, 0.2) is 5.41 Å². The molecular formula is C14H22O4. The summed E-state index contributed by atoms with van der Waals surface area (Å²) in [5.74, 6) is -1.51. The molecule has 2 saturated carbocycles. The van der Waals surface area contributed by atoms with Crippen LogP contribution in [0.4, 0.5) is 0 Å². The Morgan fingerprint density at radius 1 is 0.944 bits per heavy atom. The molecule has 0 bridgehead atoms. The minimum Gasteiger partial charge on any atom is -0.480 e. The summed E-state index contributed by atoms with van der Waals surface area (Å²) in [5.41, 5.74) is -1.71. The summed E-state index contributed by atoms with van der Waals surface area (Å²) in [7, 11) is 0. The van der Waals surface area contributed by atoms with Crippen molar-refractivity contribution in [2.45, 2.75) is 70.3 Å². The van der Waals surface area contributed by atoms with Crippen LogP contribution >= 0.6 is 0 Å². The summed E-state index contributed by atoms with van der Waals surface area (Å²) in [6.07, 6.45) is 7.47. The monoisotopic (exact) mass is 254 g/mol. The van der Waals surface area contributed by atoms with Crippen molar-refractivity contribution in [3.8, 4) is 0 Å². The van der Waals surface area contributed by atoms with E-state index in [1.165, 1.54) is 6.42 Å². The Kier molecular flexibility index (Phi) is 3.64. The molecule has 18 heavy (non-hydrogen) atoms. The molecule has 102 valence electrons. The first-order chi connectivity index (χ1) is 8.49. The smallest absolute Gasteiger partial charge is 0.324 e. The van der Waals surface area contributed by atoms with E-state index < -0.39 is 23.0 Å². The molecule has 0 aromatic rings. The van der Waals surface area contributed by atoms with E-state index in [-0.39, 0.29) is 0 Å². The van der Waals surface area contributed by atoms with Gasteiger partial charge in [-0.3, -0.25) is 9.59 Å². The fourth-order valence-corrected chi connectivity index (χ4v) is 3.21. The quantitative estimate of drug-likeness (QED) is 0.621. The van der Waals surface area contributed by atoms with Gasteiger partial charge < -0.3 is 9.84 Å². The van der Waals surface area contributed by atoms with Crippen molar-refractivity contribution in [2.24, 2.45) is 5.41 Å². The first-order valence-electron chi connectivity index (χ1n) is 6.95. The number of hydrogen-bond acceptors (Lipinski definition) is 3. The molecule has 0 atom stereocenters. The Morgan fingerprint density at radius 3 is 1.94 bits per heavy atom. The summed E-state index contributed by atoms with van der Waals surface area (Å²) < 4.78 is 5.61. The Labute approximate surface area is 108 Å². The van der Waals surface area contributed by atoms with Crippen LogP contribution in [0.25, 0.3) is 0 Å². The first kappa shape index (κ1) is 13.4. The molecule has 1 N–H and O–H groups in total. The maximum Gasteiger partial charge on any atom is 0.324 e. The van der Waals surface area contributed by atoms with Crippen LogP contribution in [0.5, 0.6) is 0 Å². The van der Waals surface area contributed by atoms with Gasteiger partial charge in [-0.05, 0) is 45.4 Å². The number of hydrogen-bond donors (Lipinski definition) is 1. The highest BCUT2D eigenvalue weighted by Gasteiger charge is 2.51. The van der Waals surface area contributed by atoms with Crippen molar-refractivity contribution in [3.63, 3.8) is 0 Å². The number of esters is 1. The molecule has 0 aliphatic heterocycles. The predicted octanol–water partition coefficient (Wildman–Crippen LogP) is 2.90. The average molecular weight is 254 g/mol. The molecule has 4 heteroatoms. The van der Waals surface area contributed by atoms with Gasteiger partial charge in [-0.2, -0.15) is 0 Å². The Hall–Kier alpha value is -1.06. The molecule has 0 aromatic carbocycles. The second-order valence-electron chi connectivity index (χ2n) is 5.99. The van der Waals surface area contributed by atoms with Crippen LogP contribution in [0.15, 0.2) is 0 Å². The molecule has 0 unspecified atom stereocenters. The van der Waals surface area contributed by atoms with E-state index in [1.54, 1.807) is 0 Å². The van der Waals surface area contributed by atoms with Crippen LogP contribution in [-0.4, -0.2) is 22.6 Å². The van der Waals surface area contributed by atoms with Crippen LogP contribution < -0.4 is 0 Å². The van der Waals surface area contributed by atoms with Crippen molar-refractivity contribution >= 4 is 11.9 Å². The third kappa shape index (κ3) is 2.38. The fourth-order valence-electron chi connectivity index (χ4n) is 3.21. The van der Waals surface area contributed by atoms with Gasteiger partial charge in [-0.1, -0.05) is 19.3 Å². The zero-order chi connectivity index (χ0) is 13.2. The van der Waals surface area contributed by atoms with E-state index in [0.717, 1.165) is 38.5 Å². The maximum absolute atomic E-state index is 12.3. The molecule has 2 aliphatic carbocycles. The normalized spacial score (nSPS) is 25.6. The summed E-state index contributed by atoms with van der Waals surface area (Å²) in [6.45, 7) is 1.94. The molecule has 0 heterocycles. The number of aliphatic carboxylic acids is 1. The number of rotatable bonds is 3. The molecule has 2 rings (SSSR count). The van der Waals surface area contributed by atoms with Crippen LogP contribution in [-0.2, 0) is 14.3 Å². The third-order valence-corrected chi connectivity index (χ3v) is 4.51. The van der Waals surface area contributed by atoms with Crippen LogP contribution in [0.3, 0.4) is 0 Å². The van der Waals surface area contributed by atoms with E-state index >= 15 is 0 Å². The number of carbonyl (C=O) groups is 2. The maximum atomic E-state index is 12.3. The Balaban J connectivity index is 2.08. The zero-order valence-corrected chi connectivity index (χ0v) is 11.0. The summed E-state index contributed by atoms with van der Waals surface area (Å²) in [4.78, 5) is 23.7. The molecule has 4 nitrogen and oxygen atoms in total. The molecule has 0 amide bonds. The van der Waals surface area contributed by atoms with E-state index in [4.69, 9.17) is 4.74 Å². The predicted molar refractivity (Wildman–Crippen MR) is 66.1 cm³/mol. The largest absolute Gasteiger partial charge is 0.480 e. The number of carboxylic acids is 1. The van der Waals surface area contributed by atoms with Crippen LogP contribution in [0.2, 0.25) is 0 Å². The lowest BCUT2D eigenvalue weighted by Crippen LogP contribution is -2.44. The van der Waals surface area contributed by atoms with E-state index in [2.05, 4.69) is 0 Å².